The molecule has 0 amide bonds. The van der Waals surface area contributed by atoms with Crippen molar-refractivity contribution < 1.29 is 4.74 Å². The normalized spacial score (nSPS) is 15.4. The first-order valence-corrected chi connectivity index (χ1v) is 6.58. The van der Waals surface area contributed by atoms with E-state index in [9.17, 15) is 0 Å². The molecule has 0 bridgehead atoms. The molecule has 5 nitrogen and oxygen atoms in total. The molecule has 0 aliphatic heterocycles. The van der Waals surface area contributed by atoms with Crippen LogP contribution < -0.4 is 5.32 Å². The summed E-state index contributed by atoms with van der Waals surface area (Å²) in [6.07, 6.45) is 6.92. The molecule has 5 heteroatoms. The Morgan fingerprint density at radius 3 is 3.12 bits per heavy atom. The van der Waals surface area contributed by atoms with Gasteiger partial charge in [0.1, 0.15) is 0 Å². The highest BCUT2D eigenvalue weighted by atomic mass is 16.5. The number of aromatic nitrogens is 3. The van der Waals surface area contributed by atoms with Crippen molar-refractivity contribution in [2.75, 3.05) is 13.2 Å². The molecule has 1 fully saturated rings. The fourth-order valence-corrected chi connectivity index (χ4v) is 1.57. The first kappa shape index (κ1) is 12.5. The largest absolute Gasteiger partial charge is 0.380 e. The minimum Gasteiger partial charge on any atom is -0.380 e. The molecule has 0 radical (unpaired) electrons. The molecule has 0 spiro atoms. The summed E-state index contributed by atoms with van der Waals surface area (Å²) in [4.78, 5) is 0. The van der Waals surface area contributed by atoms with Gasteiger partial charge in [0.05, 0.1) is 18.8 Å². The minimum atomic E-state index is 0.720. The molecule has 0 aromatic carbocycles. The van der Waals surface area contributed by atoms with Crippen molar-refractivity contribution in [2.24, 2.45) is 0 Å². The molecule has 2 rings (SSSR count). The molecular formula is C12H22N4O. The van der Waals surface area contributed by atoms with Gasteiger partial charge in [0, 0.05) is 25.4 Å². The molecule has 0 atom stereocenters. The Labute approximate surface area is 103 Å². The molecule has 1 N–H and O–H groups in total. The average molecular weight is 238 g/mol. The molecule has 1 aromatic heterocycles. The smallest absolute Gasteiger partial charge is 0.0964 e. The van der Waals surface area contributed by atoms with E-state index in [1.807, 2.05) is 10.9 Å². The lowest BCUT2D eigenvalue weighted by atomic mass is 10.4. The third-order valence-electron chi connectivity index (χ3n) is 2.84. The van der Waals surface area contributed by atoms with E-state index in [2.05, 4.69) is 22.6 Å². The fraction of sp³-hybridized carbons (Fsp3) is 0.833. The van der Waals surface area contributed by atoms with Gasteiger partial charge in [0.25, 0.3) is 0 Å². The lowest BCUT2D eigenvalue weighted by molar-refractivity contribution is 0.120. The second kappa shape index (κ2) is 6.71. The number of nitrogens with zero attached hydrogens (tertiary/aromatic N) is 3. The van der Waals surface area contributed by atoms with E-state index in [0.717, 1.165) is 44.5 Å². The summed E-state index contributed by atoms with van der Waals surface area (Å²) in [5, 5.41) is 11.6. The van der Waals surface area contributed by atoms with E-state index >= 15 is 0 Å². The van der Waals surface area contributed by atoms with Gasteiger partial charge in [-0.15, -0.1) is 5.10 Å². The highest BCUT2D eigenvalue weighted by Gasteiger charge is 2.20. The van der Waals surface area contributed by atoms with Gasteiger partial charge in [-0.3, -0.25) is 0 Å². The molecular weight excluding hydrogens is 216 g/mol. The summed E-state index contributed by atoms with van der Waals surface area (Å²) >= 11 is 0. The summed E-state index contributed by atoms with van der Waals surface area (Å²) in [5.41, 5.74) is 1.02. The van der Waals surface area contributed by atoms with Crippen LogP contribution in [0.15, 0.2) is 6.20 Å². The number of ether oxygens (including phenoxy) is 1. The first-order valence-electron chi connectivity index (χ1n) is 6.58. The fourth-order valence-electron chi connectivity index (χ4n) is 1.57. The van der Waals surface area contributed by atoms with E-state index in [0.29, 0.717) is 0 Å². The summed E-state index contributed by atoms with van der Waals surface area (Å²) in [5.74, 6) is 0. The molecule has 17 heavy (non-hydrogen) atoms. The zero-order valence-electron chi connectivity index (χ0n) is 10.6. The topological polar surface area (TPSA) is 52.0 Å². The van der Waals surface area contributed by atoms with Crippen LogP contribution in [0.3, 0.4) is 0 Å². The van der Waals surface area contributed by atoms with Gasteiger partial charge in [0.2, 0.25) is 0 Å². The number of nitrogens with one attached hydrogen (secondary N) is 1. The molecule has 0 unspecified atom stereocenters. The zero-order chi connectivity index (χ0) is 11.9. The zero-order valence-corrected chi connectivity index (χ0v) is 10.6. The molecule has 1 saturated carbocycles. The second-order valence-corrected chi connectivity index (χ2v) is 4.59. The summed E-state index contributed by atoms with van der Waals surface area (Å²) in [6, 6.07) is 0.720. The van der Waals surface area contributed by atoms with Crippen LogP contribution in [0.2, 0.25) is 0 Å². The lowest BCUT2D eigenvalue weighted by Gasteiger charge is -2.02. The van der Waals surface area contributed by atoms with Gasteiger partial charge in [-0.1, -0.05) is 18.6 Å². The Bertz CT molecular complexity index is 322. The molecule has 1 aliphatic rings. The predicted octanol–water partition coefficient (Wildman–Crippen LogP) is 1.35. The maximum Gasteiger partial charge on any atom is 0.0964 e. The molecule has 1 aromatic rings. The second-order valence-electron chi connectivity index (χ2n) is 4.59. The molecule has 1 heterocycles. The molecule has 1 aliphatic carbocycles. The van der Waals surface area contributed by atoms with Crippen LogP contribution in [0.25, 0.3) is 0 Å². The van der Waals surface area contributed by atoms with Gasteiger partial charge in [-0.05, 0) is 19.3 Å². The highest BCUT2D eigenvalue weighted by Crippen LogP contribution is 2.18. The van der Waals surface area contributed by atoms with Crippen LogP contribution in [0.5, 0.6) is 0 Å². The van der Waals surface area contributed by atoms with E-state index in [4.69, 9.17) is 4.74 Å². The van der Waals surface area contributed by atoms with Gasteiger partial charge >= 0.3 is 0 Å². The van der Waals surface area contributed by atoms with Crippen molar-refractivity contribution in [2.45, 2.75) is 51.7 Å². The van der Waals surface area contributed by atoms with Gasteiger partial charge in [-0.2, -0.15) is 0 Å². The lowest BCUT2D eigenvalue weighted by Crippen LogP contribution is -2.15. The Morgan fingerprint density at radius 1 is 1.47 bits per heavy atom. The Balaban J connectivity index is 1.59. The number of hydrogen-bond donors (Lipinski definition) is 1. The molecule has 96 valence electrons. The maximum atomic E-state index is 5.49. The van der Waals surface area contributed by atoms with Gasteiger partial charge < -0.3 is 10.1 Å². The van der Waals surface area contributed by atoms with Crippen LogP contribution in [-0.2, 0) is 17.8 Å². The van der Waals surface area contributed by atoms with Crippen molar-refractivity contribution in [3.63, 3.8) is 0 Å². The maximum absolute atomic E-state index is 5.49. The van der Waals surface area contributed by atoms with E-state index in [-0.39, 0.29) is 0 Å². The molecule has 0 saturated heterocycles. The van der Waals surface area contributed by atoms with Crippen molar-refractivity contribution in [1.82, 2.24) is 20.3 Å². The number of rotatable bonds is 9. The highest BCUT2D eigenvalue weighted by molar-refractivity contribution is 4.94. The summed E-state index contributed by atoms with van der Waals surface area (Å²) in [7, 11) is 0. The van der Waals surface area contributed by atoms with E-state index in [1.165, 1.54) is 19.3 Å². The summed E-state index contributed by atoms with van der Waals surface area (Å²) in [6.45, 7) is 5.36. The third kappa shape index (κ3) is 4.83. The van der Waals surface area contributed by atoms with Crippen molar-refractivity contribution in [1.29, 1.82) is 0 Å². The monoisotopic (exact) mass is 238 g/mol. The van der Waals surface area contributed by atoms with Crippen LogP contribution >= 0.6 is 0 Å². The number of unbranched alkanes of at least 4 members (excludes halogenated alkanes) is 1. The van der Waals surface area contributed by atoms with Gasteiger partial charge in [-0.25, -0.2) is 4.68 Å². The van der Waals surface area contributed by atoms with E-state index in [1.54, 1.807) is 0 Å². The van der Waals surface area contributed by atoms with Crippen LogP contribution in [0, 0.1) is 0 Å². The van der Waals surface area contributed by atoms with Gasteiger partial charge in [0.15, 0.2) is 0 Å². The summed E-state index contributed by atoms with van der Waals surface area (Å²) < 4.78 is 7.35. The average Bonchev–Trinajstić information content (AvgIpc) is 3.06. The van der Waals surface area contributed by atoms with Crippen molar-refractivity contribution in [3.8, 4) is 0 Å². The van der Waals surface area contributed by atoms with Crippen LogP contribution in [-0.4, -0.2) is 34.2 Å². The standard InChI is InChI=1S/C12H22N4O/c1-2-3-7-17-8-6-16-10-12(14-15-16)9-13-11-4-5-11/h10-11,13H,2-9H2,1H3. The number of hydrogen-bond acceptors (Lipinski definition) is 4. The van der Waals surface area contributed by atoms with E-state index < -0.39 is 0 Å². The Kier molecular flexibility index (Phi) is 4.94. The van der Waals surface area contributed by atoms with Crippen LogP contribution in [0.4, 0.5) is 0 Å². The first-order chi connectivity index (χ1) is 8.38. The SMILES string of the molecule is CCCCOCCn1cc(CNC2CC2)nn1. The van der Waals surface area contributed by atoms with Crippen molar-refractivity contribution in [3.05, 3.63) is 11.9 Å². The van der Waals surface area contributed by atoms with Crippen LogP contribution in [0.1, 0.15) is 38.3 Å². The minimum absolute atomic E-state index is 0.720. The quantitative estimate of drug-likeness (QED) is 0.660. The van der Waals surface area contributed by atoms with Crippen molar-refractivity contribution >= 4 is 0 Å². The predicted molar refractivity (Wildman–Crippen MR) is 65.6 cm³/mol. The third-order valence-corrected chi connectivity index (χ3v) is 2.84. The Morgan fingerprint density at radius 2 is 2.35 bits per heavy atom. The Hall–Kier alpha value is -0.940.